The average Bonchev–Trinajstić information content (AvgIpc) is 2.94. The van der Waals surface area contributed by atoms with Crippen molar-refractivity contribution in [1.82, 2.24) is 0 Å². The van der Waals surface area contributed by atoms with Crippen molar-refractivity contribution in [2.45, 2.75) is 19.3 Å². The molecular formula is C15H18FNO2. The van der Waals surface area contributed by atoms with Crippen LogP contribution in [0, 0.1) is 5.82 Å². The van der Waals surface area contributed by atoms with Crippen molar-refractivity contribution in [2.24, 2.45) is 0 Å². The maximum Gasteiger partial charge on any atom is 0.146 e. The van der Waals surface area contributed by atoms with E-state index in [0.717, 1.165) is 30.6 Å². The first-order chi connectivity index (χ1) is 9.31. The van der Waals surface area contributed by atoms with E-state index in [0.29, 0.717) is 12.2 Å². The van der Waals surface area contributed by atoms with Gasteiger partial charge < -0.3 is 14.8 Å². The highest BCUT2D eigenvalue weighted by molar-refractivity contribution is 5.64. The third kappa shape index (κ3) is 3.83. The number of rotatable bonds is 7. The number of unbranched alkanes of at least 4 members (excludes halogenated alkanes) is 2. The van der Waals surface area contributed by atoms with Crippen molar-refractivity contribution in [3.05, 3.63) is 42.4 Å². The molecule has 0 bridgehead atoms. The first-order valence-electron chi connectivity index (χ1n) is 6.49. The maximum absolute atomic E-state index is 13.7. The summed E-state index contributed by atoms with van der Waals surface area (Å²) in [4.78, 5) is 0. The lowest BCUT2D eigenvalue weighted by Crippen LogP contribution is -2.03. The number of benzene rings is 1. The number of hydrogen-bond donors (Lipinski definition) is 2. The number of aliphatic hydroxyl groups is 1. The van der Waals surface area contributed by atoms with Gasteiger partial charge in [-0.25, -0.2) is 4.39 Å². The summed E-state index contributed by atoms with van der Waals surface area (Å²) in [5.41, 5.74) is 1.34. The van der Waals surface area contributed by atoms with E-state index >= 15 is 0 Å². The van der Waals surface area contributed by atoms with Crippen LogP contribution in [0.4, 0.5) is 10.1 Å². The molecule has 1 aromatic carbocycles. The van der Waals surface area contributed by atoms with Crippen LogP contribution < -0.4 is 5.32 Å². The molecule has 0 unspecified atom stereocenters. The maximum atomic E-state index is 13.7. The van der Waals surface area contributed by atoms with Crippen LogP contribution in [-0.2, 0) is 0 Å². The number of furan rings is 1. The van der Waals surface area contributed by atoms with Gasteiger partial charge in [-0.3, -0.25) is 0 Å². The van der Waals surface area contributed by atoms with E-state index in [9.17, 15) is 4.39 Å². The van der Waals surface area contributed by atoms with Crippen LogP contribution in [0.3, 0.4) is 0 Å². The van der Waals surface area contributed by atoms with E-state index in [1.54, 1.807) is 24.5 Å². The molecule has 2 rings (SSSR count). The van der Waals surface area contributed by atoms with Crippen LogP contribution >= 0.6 is 0 Å². The first kappa shape index (κ1) is 13.6. The monoisotopic (exact) mass is 263 g/mol. The van der Waals surface area contributed by atoms with Gasteiger partial charge in [-0.15, -0.1) is 0 Å². The smallest absolute Gasteiger partial charge is 0.146 e. The quantitative estimate of drug-likeness (QED) is 0.749. The fourth-order valence-corrected chi connectivity index (χ4v) is 1.89. The summed E-state index contributed by atoms with van der Waals surface area (Å²) in [6.07, 6.45) is 4.23. The Bertz CT molecular complexity index is 497. The highest BCUT2D eigenvalue weighted by Crippen LogP contribution is 2.25. The molecule has 2 aromatic rings. The number of aliphatic hydroxyl groups excluding tert-OH is 1. The summed E-state index contributed by atoms with van der Waals surface area (Å²) in [6, 6.07) is 8.54. The molecule has 0 saturated carbocycles. The lowest BCUT2D eigenvalue weighted by molar-refractivity contribution is 0.283. The molecule has 0 atom stereocenters. The molecule has 2 N–H and O–H groups in total. The molecular weight excluding hydrogens is 245 g/mol. The minimum Gasteiger partial charge on any atom is -0.464 e. The normalized spacial score (nSPS) is 10.6. The molecule has 0 aliphatic carbocycles. The zero-order valence-electron chi connectivity index (χ0n) is 10.7. The molecule has 0 fully saturated rings. The van der Waals surface area contributed by atoms with Crippen LogP contribution in [0.25, 0.3) is 11.3 Å². The molecule has 1 heterocycles. The summed E-state index contributed by atoms with van der Waals surface area (Å²) in [7, 11) is 0. The van der Waals surface area contributed by atoms with Gasteiger partial charge in [-0.1, -0.05) is 0 Å². The van der Waals surface area contributed by atoms with Crippen LogP contribution in [0.2, 0.25) is 0 Å². The van der Waals surface area contributed by atoms with Crippen LogP contribution in [0.5, 0.6) is 0 Å². The number of anilines is 1. The molecule has 0 spiro atoms. The number of halogens is 1. The highest BCUT2D eigenvalue weighted by Gasteiger charge is 2.06. The van der Waals surface area contributed by atoms with Crippen LogP contribution in [0.1, 0.15) is 19.3 Å². The second-order valence-electron chi connectivity index (χ2n) is 4.38. The number of nitrogens with one attached hydrogen (secondary N) is 1. The zero-order chi connectivity index (χ0) is 13.5. The molecule has 0 radical (unpaired) electrons. The molecule has 102 valence electrons. The van der Waals surface area contributed by atoms with E-state index in [4.69, 9.17) is 9.52 Å². The average molecular weight is 263 g/mol. The van der Waals surface area contributed by atoms with Gasteiger partial charge in [0.25, 0.3) is 0 Å². The fraction of sp³-hybridized carbons (Fsp3) is 0.333. The van der Waals surface area contributed by atoms with E-state index in [1.807, 2.05) is 6.07 Å². The van der Waals surface area contributed by atoms with E-state index < -0.39 is 0 Å². The summed E-state index contributed by atoms with van der Waals surface area (Å²) >= 11 is 0. The third-order valence-corrected chi connectivity index (χ3v) is 2.92. The van der Waals surface area contributed by atoms with Crippen molar-refractivity contribution >= 4 is 5.69 Å². The Balaban J connectivity index is 1.98. The van der Waals surface area contributed by atoms with Crippen molar-refractivity contribution in [3.63, 3.8) is 0 Å². The summed E-state index contributed by atoms with van der Waals surface area (Å²) in [6.45, 7) is 0.904. The molecule has 1 aromatic heterocycles. The van der Waals surface area contributed by atoms with Gasteiger partial charge in [0, 0.05) is 18.7 Å². The standard InChI is InChI=1S/C15H18FNO2/c16-13-7-6-12(15-5-4-10-19-15)11-14(13)17-8-2-1-3-9-18/h4-7,10-11,17-18H,1-3,8-9H2. The van der Waals surface area contributed by atoms with Gasteiger partial charge in [0.2, 0.25) is 0 Å². The Morgan fingerprint density at radius 1 is 1.16 bits per heavy atom. The predicted octanol–water partition coefficient (Wildman–Crippen LogP) is 3.66. The summed E-state index contributed by atoms with van der Waals surface area (Å²) in [5.74, 6) is 0.459. The van der Waals surface area contributed by atoms with Crippen LogP contribution in [0.15, 0.2) is 41.0 Å². The van der Waals surface area contributed by atoms with Gasteiger partial charge in [0.1, 0.15) is 11.6 Å². The van der Waals surface area contributed by atoms with Crippen molar-refractivity contribution in [1.29, 1.82) is 0 Å². The highest BCUT2D eigenvalue weighted by atomic mass is 19.1. The van der Waals surface area contributed by atoms with Crippen molar-refractivity contribution in [3.8, 4) is 11.3 Å². The van der Waals surface area contributed by atoms with Gasteiger partial charge >= 0.3 is 0 Å². The minimum absolute atomic E-state index is 0.211. The fourth-order valence-electron chi connectivity index (χ4n) is 1.89. The molecule has 0 saturated heterocycles. The van der Waals surface area contributed by atoms with Crippen LogP contribution in [-0.4, -0.2) is 18.3 Å². The summed E-state index contributed by atoms with van der Waals surface area (Å²) < 4.78 is 18.9. The Hall–Kier alpha value is -1.81. The molecule has 0 aliphatic rings. The Labute approximate surface area is 112 Å². The first-order valence-corrected chi connectivity index (χ1v) is 6.49. The van der Waals surface area contributed by atoms with Gasteiger partial charge in [0.15, 0.2) is 0 Å². The van der Waals surface area contributed by atoms with E-state index in [1.165, 1.54) is 6.07 Å². The lowest BCUT2D eigenvalue weighted by atomic mass is 10.1. The van der Waals surface area contributed by atoms with Crippen molar-refractivity contribution < 1.29 is 13.9 Å². The Kier molecular flexibility index (Phi) is 4.98. The molecule has 3 nitrogen and oxygen atoms in total. The van der Waals surface area contributed by atoms with Gasteiger partial charge in [0.05, 0.1) is 12.0 Å². The summed E-state index contributed by atoms with van der Waals surface area (Å²) in [5, 5.41) is 11.8. The van der Waals surface area contributed by atoms with E-state index in [2.05, 4.69) is 5.32 Å². The van der Waals surface area contributed by atoms with E-state index in [-0.39, 0.29) is 12.4 Å². The third-order valence-electron chi connectivity index (χ3n) is 2.92. The van der Waals surface area contributed by atoms with Gasteiger partial charge in [-0.05, 0) is 49.6 Å². The molecule has 0 aliphatic heterocycles. The molecule has 4 heteroatoms. The topological polar surface area (TPSA) is 45.4 Å². The Morgan fingerprint density at radius 2 is 2.05 bits per heavy atom. The largest absolute Gasteiger partial charge is 0.464 e. The minimum atomic E-state index is -0.266. The predicted molar refractivity (Wildman–Crippen MR) is 73.5 cm³/mol. The van der Waals surface area contributed by atoms with Crippen molar-refractivity contribution in [2.75, 3.05) is 18.5 Å². The number of hydrogen-bond acceptors (Lipinski definition) is 3. The van der Waals surface area contributed by atoms with Gasteiger partial charge in [-0.2, -0.15) is 0 Å². The Morgan fingerprint density at radius 3 is 2.79 bits per heavy atom. The molecule has 0 amide bonds. The second kappa shape index (κ2) is 6.95. The zero-order valence-corrected chi connectivity index (χ0v) is 10.7. The second-order valence-corrected chi connectivity index (χ2v) is 4.38. The SMILES string of the molecule is OCCCCCNc1cc(-c2ccco2)ccc1F. The molecule has 19 heavy (non-hydrogen) atoms. The lowest BCUT2D eigenvalue weighted by Gasteiger charge is -2.08.